The number of amides is 1. The van der Waals surface area contributed by atoms with E-state index in [9.17, 15) is 14.7 Å². The third-order valence-corrected chi connectivity index (χ3v) is 2.62. The Morgan fingerprint density at radius 2 is 1.88 bits per heavy atom. The molecular weight excluding hydrogens is 222 g/mol. The fourth-order valence-corrected chi connectivity index (χ4v) is 1.65. The van der Waals surface area contributed by atoms with Gasteiger partial charge in [-0.25, -0.2) is 0 Å². The van der Waals surface area contributed by atoms with Gasteiger partial charge in [0.05, 0.1) is 6.61 Å². The average molecular weight is 245 g/mol. The lowest BCUT2D eigenvalue weighted by atomic mass is 9.80. The van der Waals surface area contributed by atoms with Gasteiger partial charge in [0.2, 0.25) is 5.91 Å². The number of carboxylic acid groups (broad SMARTS) is 1. The zero-order chi connectivity index (χ0) is 13.6. The van der Waals surface area contributed by atoms with Gasteiger partial charge in [-0.1, -0.05) is 20.8 Å². The Morgan fingerprint density at radius 3 is 2.18 bits per heavy atom. The number of methoxy groups -OCH3 is 1. The van der Waals surface area contributed by atoms with E-state index >= 15 is 0 Å². The van der Waals surface area contributed by atoms with Crippen LogP contribution in [-0.4, -0.2) is 48.7 Å². The monoisotopic (exact) mass is 245 g/mol. The summed E-state index contributed by atoms with van der Waals surface area (Å²) in [5, 5.41) is 9.17. The second kappa shape index (κ2) is 6.59. The quantitative estimate of drug-likeness (QED) is 0.715. The first-order chi connectivity index (χ1) is 7.75. The molecule has 0 aliphatic carbocycles. The Kier molecular flexibility index (Phi) is 6.16. The maximum absolute atomic E-state index is 12.2. The molecule has 0 aromatic heterocycles. The fraction of sp³-hybridized carbons (Fsp3) is 0.833. The van der Waals surface area contributed by atoms with E-state index in [-0.39, 0.29) is 5.91 Å². The molecule has 0 heterocycles. The van der Waals surface area contributed by atoms with Crippen LogP contribution in [-0.2, 0) is 14.3 Å². The van der Waals surface area contributed by atoms with Gasteiger partial charge in [-0.2, -0.15) is 0 Å². The van der Waals surface area contributed by atoms with Crippen molar-refractivity contribution < 1.29 is 19.4 Å². The maximum Gasteiger partial charge on any atom is 0.316 e. The summed E-state index contributed by atoms with van der Waals surface area (Å²) < 4.78 is 4.91. The van der Waals surface area contributed by atoms with Crippen molar-refractivity contribution >= 4 is 11.9 Å². The first kappa shape index (κ1) is 15.9. The summed E-state index contributed by atoms with van der Waals surface area (Å²) in [5.74, 6) is -2.43. The summed E-state index contributed by atoms with van der Waals surface area (Å²) in [7, 11) is 1.55. The molecule has 5 nitrogen and oxygen atoms in total. The van der Waals surface area contributed by atoms with Crippen molar-refractivity contribution in [1.82, 2.24) is 4.90 Å². The van der Waals surface area contributed by atoms with Crippen LogP contribution < -0.4 is 0 Å². The molecule has 0 aliphatic heterocycles. The molecule has 0 rings (SSSR count). The fourth-order valence-electron chi connectivity index (χ4n) is 1.65. The molecule has 0 aromatic rings. The molecule has 1 unspecified atom stereocenters. The molecule has 0 aromatic carbocycles. The van der Waals surface area contributed by atoms with Crippen LogP contribution in [0.1, 0.15) is 27.7 Å². The smallest absolute Gasteiger partial charge is 0.316 e. The molecule has 1 atom stereocenters. The lowest BCUT2D eigenvalue weighted by Gasteiger charge is -2.31. The van der Waals surface area contributed by atoms with E-state index in [4.69, 9.17) is 4.74 Å². The number of hydrogen-bond donors (Lipinski definition) is 1. The van der Waals surface area contributed by atoms with Crippen molar-refractivity contribution in [2.24, 2.45) is 11.3 Å². The zero-order valence-corrected chi connectivity index (χ0v) is 11.3. The van der Waals surface area contributed by atoms with Crippen LogP contribution in [0.15, 0.2) is 0 Å². The zero-order valence-electron chi connectivity index (χ0n) is 11.3. The van der Waals surface area contributed by atoms with E-state index in [1.165, 1.54) is 4.90 Å². The molecule has 1 N–H and O–H groups in total. The van der Waals surface area contributed by atoms with Crippen LogP contribution in [0.2, 0.25) is 0 Å². The number of carbonyl (C=O) groups is 2. The largest absolute Gasteiger partial charge is 0.481 e. The minimum Gasteiger partial charge on any atom is -0.481 e. The van der Waals surface area contributed by atoms with Crippen molar-refractivity contribution in [3.63, 3.8) is 0 Å². The lowest BCUT2D eigenvalue weighted by molar-refractivity contribution is -0.156. The molecule has 0 bridgehead atoms. The summed E-state index contributed by atoms with van der Waals surface area (Å²) >= 11 is 0. The van der Waals surface area contributed by atoms with Crippen molar-refractivity contribution in [2.75, 3.05) is 26.8 Å². The van der Waals surface area contributed by atoms with E-state index in [0.29, 0.717) is 19.7 Å². The maximum atomic E-state index is 12.2. The van der Waals surface area contributed by atoms with Gasteiger partial charge in [0.15, 0.2) is 0 Å². The molecule has 0 fully saturated rings. The van der Waals surface area contributed by atoms with Crippen LogP contribution >= 0.6 is 0 Å². The summed E-state index contributed by atoms with van der Waals surface area (Å²) in [6, 6.07) is 0. The predicted molar refractivity (Wildman–Crippen MR) is 64.7 cm³/mol. The lowest BCUT2D eigenvalue weighted by Crippen LogP contribution is -2.46. The second-order valence-corrected chi connectivity index (χ2v) is 5.05. The minimum atomic E-state index is -1.07. The number of ether oxygens (including phenoxy) is 1. The Labute approximate surface area is 103 Å². The summed E-state index contributed by atoms with van der Waals surface area (Å²) in [5.41, 5.74) is -0.594. The molecule has 0 aliphatic rings. The van der Waals surface area contributed by atoms with E-state index in [2.05, 4.69) is 0 Å². The predicted octanol–water partition coefficient (Wildman–Crippen LogP) is 1.23. The molecule has 0 saturated heterocycles. The summed E-state index contributed by atoms with van der Waals surface area (Å²) in [6.45, 7) is 8.43. The van der Waals surface area contributed by atoms with Gasteiger partial charge < -0.3 is 14.7 Å². The molecule has 100 valence electrons. The SMILES string of the molecule is CCN(CCOC)C(=O)C(C(=O)O)C(C)(C)C. The summed E-state index contributed by atoms with van der Waals surface area (Å²) in [6.07, 6.45) is 0. The third kappa shape index (κ3) is 4.73. The molecule has 0 saturated carbocycles. The Bertz CT molecular complexity index is 270. The number of aliphatic carboxylic acids is 1. The van der Waals surface area contributed by atoms with Gasteiger partial charge in [-0.05, 0) is 12.3 Å². The van der Waals surface area contributed by atoms with Crippen LogP contribution in [0.25, 0.3) is 0 Å². The Balaban J connectivity index is 4.87. The molecule has 0 spiro atoms. The van der Waals surface area contributed by atoms with Crippen molar-refractivity contribution in [1.29, 1.82) is 0 Å². The van der Waals surface area contributed by atoms with E-state index in [0.717, 1.165) is 0 Å². The van der Waals surface area contributed by atoms with Crippen LogP contribution in [0.4, 0.5) is 0 Å². The third-order valence-electron chi connectivity index (χ3n) is 2.62. The highest BCUT2D eigenvalue weighted by Gasteiger charge is 2.39. The van der Waals surface area contributed by atoms with Gasteiger partial charge in [0.25, 0.3) is 0 Å². The standard InChI is InChI=1S/C12H23NO4/c1-6-13(7-8-17-5)10(14)9(11(15)16)12(2,3)4/h9H,6-8H2,1-5H3,(H,15,16). The molecule has 17 heavy (non-hydrogen) atoms. The summed E-state index contributed by atoms with van der Waals surface area (Å²) in [4.78, 5) is 24.9. The van der Waals surface area contributed by atoms with E-state index in [1.807, 2.05) is 6.92 Å². The first-order valence-electron chi connectivity index (χ1n) is 5.76. The Hall–Kier alpha value is -1.10. The number of likely N-dealkylation sites (N-methyl/N-ethyl adjacent to an activating group) is 1. The number of rotatable bonds is 6. The number of carboxylic acids is 1. The van der Waals surface area contributed by atoms with E-state index in [1.54, 1.807) is 27.9 Å². The van der Waals surface area contributed by atoms with Gasteiger partial charge in [-0.3, -0.25) is 9.59 Å². The van der Waals surface area contributed by atoms with Crippen molar-refractivity contribution in [3.8, 4) is 0 Å². The van der Waals surface area contributed by atoms with Crippen LogP contribution in [0.3, 0.4) is 0 Å². The van der Waals surface area contributed by atoms with Gasteiger partial charge >= 0.3 is 5.97 Å². The Morgan fingerprint density at radius 1 is 1.35 bits per heavy atom. The average Bonchev–Trinajstić information content (AvgIpc) is 2.15. The molecular formula is C12H23NO4. The highest BCUT2D eigenvalue weighted by atomic mass is 16.5. The molecule has 0 radical (unpaired) electrons. The second-order valence-electron chi connectivity index (χ2n) is 5.05. The highest BCUT2D eigenvalue weighted by molar-refractivity contribution is 5.97. The highest BCUT2D eigenvalue weighted by Crippen LogP contribution is 2.27. The normalized spacial score (nSPS) is 13.2. The molecule has 5 heteroatoms. The van der Waals surface area contributed by atoms with Gasteiger partial charge in [-0.15, -0.1) is 0 Å². The number of carbonyl (C=O) groups excluding carboxylic acids is 1. The van der Waals surface area contributed by atoms with E-state index < -0.39 is 17.3 Å². The van der Waals surface area contributed by atoms with Crippen LogP contribution in [0.5, 0.6) is 0 Å². The number of hydrogen-bond acceptors (Lipinski definition) is 3. The van der Waals surface area contributed by atoms with Gasteiger partial charge in [0, 0.05) is 20.2 Å². The number of nitrogens with zero attached hydrogens (tertiary/aromatic N) is 1. The first-order valence-corrected chi connectivity index (χ1v) is 5.76. The van der Waals surface area contributed by atoms with Crippen molar-refractivity contribution in [3.05, 3.63) is 0 Å². The molecule has 1 amide bonds. The van der Waals surface area contributed by atoms with Crippen molar-refractivity contribution in [2.45, 2.75) is 27.7 Å². The minimum absolute atomic E-state index is 0.343. The topological polar surface area (TPSA) is 66.8 Å². The van der Waals surface area contributed by atoms with Crippen LogP contribution in [0, 0.1) is 11.3 Å². The van der Waals surface area contributed by atoms with Gasteiger partial charge in [0.1, 0.15) is 5.92 Å².